The molecule has 17 heavy (non-hydrogen) atoms. The van der Waals surface area contributed by atoms with E-state index in [1.54, 1.807) is 10.6 Å². The highest BCUT2D eigenvalue weighted by Gasteiger charge is 2.26. The van der Waals surface area contributed by atoms with Crippen LogP contribution < -0.4 is 0 Å². The quantitative estimate of drug-likeness (QED) is 0.751. The Bertz CT molecular complexity index is 586. The lowest BCUT2D eigenvalue weighted by molar-refractivity contribution is 0.135. The molecule has 1 aliphatic rings. The van der Waals surface area contributed by atoms with E-state index in [9.17, 15) is 4.79 Å². The maximum atomic E-state index is 10.8. The van der Waals surface area contributed by atoms with E-state index >= 15 is 0 Å². The van der Waals surface area contributed by atoms with E-state index < -0.39 is 6.09 Å². The molecular weight excluding hydrogens is 226 g/mol. The monoisotopic (exact) mass is 237 g/mol. The molecule has 7 heteroatoms. The van der Waals surface area contributed by atoms with Gasteiger partial charge in [-0.05, 0) is 0 Å². The number of aromatic nitrogens is 2. The second-order valence-corrected chi connectivity index (χ2v) is 3.97. The minimum Gasteiger partial charge on any atom is -0.465 e. The molecule has 0 aliphatic carbocycles. The first kappa shape index (κ1) is 10.2. The molecule has 0 unspecified atom stereocenters. The van der Waals surface area contributed by atoms with Gasteiger partial charge in [-0.2, -0.15) is 5.10 Å². The third-order valence-electron chi connectivity index (χ3n) is 2.92. The molecular formula is C10H11N3O4. The fourth-order valence-electron chi connectivity index (χ4n) is 2.08. The van der Waals surface area contributed by atoms with Gasteiger partial charge in [-0.25, -0.2) is 9.31 Å². The third kappa shape index (κ3) is 1.47. The van der Waals surface area contributed by atoms with Crippen molar-refractivity contribution in [2.45, 2.75) is 19.6 Å². The summed E-state index contributed by atoms with van der Waals surface area (Å²) in [5, 5.41) is 22.1. The summed E-state index contributed by atoms with van der Waals surface area (Å²) in [7, 11) is 0. The van der Waals surface area contributed by atoms with Gasteiger partial charge in [-0.15, -0.1) is 0 Å². The molecule has 0 spiro atoms. The Labute approximate surface area is 95.9 Å². The maximum absolute atomic E-state index is 10.8. The summed E-state index contributed by atoms with van der Waals surface area (Å²) < 4.78 is 7.18. The van der Waals surface area contributed by atoms with Crippen molar-refractivity contribution in [3.05, 3.63) is 23.2 Å². The van der Waals surface area contributed by atoms with Gasteiger partial charge < -0.3 is 19.5 Å². The zero-order valence-corrected chi connectivity index (χ0v) is 8.96. The van der Waals surface area contributed by atoms with Crippen LogP contribution in [0.5, 0.6) is 0 Å². The normalized spacial score (nSPS) is 15.2. The summed E-state index contributed by atoms with van der Waals surface area (Å²) in [5.74, 6) is 0.630. The zero-order chi connectivity index (χ0) is 12.0. The van der Waals surface area contributed by atoms with E-state index in [1.807, 2.05) is 0 Å². The number of amides is 1. The number of hydrogen-bond donors (Lipinski definition) is 2. The SMILES string of the molecule is O=C(O)N1CCc2c(oc3cc(CO)nn23)C1. The van der Waals surface area contributed by atoms with Crippen molar-refractivity contribution >= 4 is 11.8 Å². The van der Waals surface area contributed by atoms with Crippen LogP contribution in [0.1, 0.15) is 17.1 Å². The predicted octanol–water partition coefficient (Wildman–Crippen LogP) is 0.456. The van der Waals surface area contributed by atoms with E-state index in [4.69, 9.17) is 14.6 Å². The molecule has 7 nitrogen and oxygen atoms in total. The van der Waals surface area contributed by atoms with Crippen LogP contribution in [0.3, 0.4) is 0 Å². The summed E-state index contributed by atoms with van der Waals surface area (Å²) in [5.41, 5.74) is 1.98. The van der Waals surface area contributed by atoms with Crippen molar-refractivity contribution in [2.75, 3.05) is 6.54 Å². The highest BCUT2D eigenvalue weighted by atomic mass is 16.4. The van der Waals surface area contributed by atoms with Crippen molar-refractivity contribution in [3.8, 4) is 0 Å². The Morgan fingerprint density at radius 1 is 1.59 bits per heavy atom. The predicted molar refractivity (Wildman–Crippen MR) is 55.5 cm³/mol. The summed E-state index contributed by atoms with van der Waals surface area (Å²) in [6.45, 7) is 0.557. The van der Waals surface area contributed by atoms with Crippen molar-refractivity contribution in [3.63, 3.8) is 0 Å². The molecule has 0 saturated carbocycles. The first-order chi connectivity index (χ1) is 8.19. The number of aliphatic hydroxyl groups is 1. The van der Waals surface area contributed by atoms with Gasteiger partial charge in [0.05, 0.1) is 24.5 Å². The lowest BCUT2D eigenvalue weighted by Crippen LogP contribution is -2.34. The van der Waals surface area contributed by atoms with E-state index in [1.165, 1.54) is 4.90 Å². The molecule has 0 radical (unpaired) electrons. The topological polar surface area (TPSA) is 91.2 Å². The summed E-state index contributed by atoms with van der Waals surface area (Å²) in [6.07, 6.45) is -0.373. The Hall–Kier alpha value is -2.02. The molecule has 1 aliphatic heterocycles. The number of oxazole rings is 1. The third-order valence-corrected chi connectivity index (χ3v) is 2.92. The fraction of sp³-hybridized carbons (Fsp3) is 0.400. The highest BCUT2D eigenvalue weighted by Crippen LogP contribution is 2.23. The number of aliphatic hydroxyl groups excluding tert-OH is 1. The van der Waals surface area contributed by atoms with Gasteiger partial charge in [0.15, 0.2) is 0 Å². The van der Waals surface area contributed by atoms with Gasteiger partial charge >= 0.3 is 6.09 Å². The minimum atomic E-state index is -0.944. The average Bonchev–Trinajstić information content (AvgIpc) is 2.84. The van der Waals surface area contributed by atoms with Crippen molar-refractivity contribution in [1.29, 1.82) is 0 Å². The zero-order valence-electron chi connectivity index (χ0n) is 8.96. The first-order valence-electron chi connectivity index (χ1n) is 5.27. The summed E-state index contributed by atoms with van der Waals surface area (Å²) >= 11 is 0. The fourth-order valence-corrected chi connectivity index (χ4v) is 2.08. The van der Waals surface area contributed by atoms with Crippen LogP contribution >= 0.6 is 0 Å². The first-order valence-corrected chi connectivity index (χ1v) is 5.27. The molecule has 0 fully saturated rings. The maximum Gasteiger partial charge on any atom is 0.407 e. The number of carboxylic acid groups (broad SMARTS) is 1. The molecule has 2 aromatic heterocycles. The Morgan fingerprint density at radius 2 is 2.41 bits per heavy atom. The molecule has 3 heterocycles. The Balaban J connectivity index is 2.02. The van der Waals surface area contributed by atoms with Crippen LogP contribution in [0.25, 0.3) is 5.71 Å². The van der Waals surface area contributed by atoms with Crippen molar-refractivity contribution < 1.29 is 19.4 Å². The second kappa shape index (κ2) is 3.49. The van der Waals surface area contributed by atoms with Gasteiger partial charge in [0.2, 0.25) is 5.71 Å². The number of rotatable bonds is 1. The molecule has 2 aromatic rings. The van der Waals surface area contributed by atoms with Crippen LogP contribution in [0.15, 0.2) is 10.5 Å². The number of carbonyl (C=O) groups is 1. The van der Waals surface area contributed by atoms with Crippen LogP contribution in [0.2, 0.25) is 0 Å². The van der Waals surface area contributed by atoms with Crippen LogP contribution in [0.4, 0.5) is 4.79 Å². The lowest BCUT2D eigenvalue weighted by Gasteiger charge is -2.22. The largest absolute Gasteiger partial charge is 0.465 e. The number of fused-ring (bicyclic) bond motifs is 3. The molecule has 0 atom stereocenters. The molecule has 90 valence electrons. The van der Waals surface area contributed by atoms with E-state index in [2.05, 4.69) is 5.10 Å². The molecule has 1 amide bonds. The molecule has 2 N–H and O–H groups in total. The van der Waals surface area contributed by atoms with Crippen LogP contribution in [0, 0.1) is 0 Å². The number of nitrogens with zero attached hydrogens (tertiary/aromatic N) is 3. The van der Waals surface area contributed by atoms with Crippen molar-refractivity contribution in [2.24, 2.45) is 0 Å². The molecule has 3 rings (SSSR count). The Kier molecular flexibility index (Phi) is 2.08. The van der Waals surface area contributed by atoms with Gasteiger partial charge in [-0.1, -0.05) is 0 Å². The molecule has 0 saturated heterocycles. The lowest BCUT2D eigenvalue weighted by atomic mass is 10.2. The summed E-state index contributed by atoms with van der Waals surface area (Å²) in [4.78, 5) is 12.2. The van der Waals surface area contributed by atoms with E-state index in [0.717, 1.165) is 5.69 Å². The van der Waals surface area contributed by atoms with Crippen LogP contribution in [-0.4, -0.2) is 37.4 Å². The smallest absolute Gasteiger partial charge is 0.407 e. The highest BCUT2D eigenvalue weighted by molar-refractivity contribution is 5.65. The standard InChI is InChI=1S/C10H11N3O4/c14-5-6-3-9-13(11-6)7-1-2-12(10(15)16)4-8(7)17-9/h3,14H,1-2,4-5H2,(H,15,16). The molecule has 0 aromatic carbocycles. The van der Waals surface area contributed by atoms with E-state index in [-0.39, 0.29) is 13.2 Å². The van der Waals surface area contributed by atoms with Gasteiger partial charge in [0.1, 0.15) is 5.76 Å². The van der Waals surface area contributed by atoms with Gasteiger partial charge in [0.25, 0.3) is 0 Å². The molecule has 0 bridgehead atoms. The minimum absolute atomic E-state index is 0.132. The van der Waals surface area contributed by atoms with Crippen LogP contribution in [-0.2, 0) is 19.6 Å². The Morgan fingerprint density at radius 3 is 3.12 bits per heavy atom. The number of hydrogen-bond acceptors (Lipinski definition) is 4. The van der Waals surface area contributed by atoms with Gasteiger partial charge in [-0.3, -0.25) is 0 Å². The second-order valence-electron chi connectivity index (χ2n) is 3.97. The van der Waals surface area contributed by atoms with Crippen molar-refractivity contribution in [1.82, 2.24) is 14.5 Å². The van der Waals surface area contributed by atoms with Gasteiger partial charge in [0, 0.05) is 19.0 Å². The van der Waals surface area contributed by atoms with E-state index in [0.29, 0.717) is 30.1 Å². The average molecular weight is 237 g/mol. The summed E-state index contributed by atoms with van der Waals surface area (Å²) in [6, 6.07) is 1.66.